The maximum Gasteiger partial charge on any atom is 0.278 e. The number of benzene rings is 3. The molecule has 5 nitrogen and oxygen atoms in total. The van der Waals surface area contributed by atoms with Crippen molar-refractivity contribution in [2.24, 2.45) is 0 Å². The van der Waals surface area contributed by atoms with Gasteiger partial charge in [0.15, 0.2) is 0 Å². The Hall–Kier alpha value is -3.86. The second-order valence-electron chi connectivity index (χ2n) is 9.47. The molecule has 2 aliphatic rings. The van der Waals surface area contributed by atoms with Crippen molar-refractivity contribution in [3.8, 4) is 0 Å². The van der Waals surface area contributed by atoms with Crippen LogP contribution in [0.1, 0.15) is 41.5 Å². The number of rotatable bonds is 6. The van der Waals surface area contributed by atoms with Crippen LogP contribution in [0.25, 0.3) is 5.57 Å². The highest BCUT2D eigenvalue weighted by molar-refractivity contribution is 6.36. The summed E-state index contributed by atoms with van der Waals surface area (Å²) in [6.07, 6.45) is 3.74. The van der Waals surface area contributed by atoms with Gasteiger partial charge in [-0.25, -0.2) is 0 Å². The van der Waals surface area contributed by atoms with E-state index in [1.54, 1.807) is 0 Å². The number of carbonyl (C=O) groups excluding carboxylic acids is 2. The Labute approximate surface area is 207 Å². The number of carbonyl (C=O) groups is 2. The Morgan fingerprint density at radius 2 is 1.51 bits per heavy atom. The van der Waals surface area contributed by atoms with Gasteiger partial charge in [-0.1, -0.05) is 54.1 Å². The Morgan fingerprint density at radius 1 is 0.800 bits per heavy atom. The molecule has 0 saturated carbocycles. The van der Waals surface area contributed by atoms with Crippen LogP contribution in [0.5, 0.6) is 0 Å². The minimum atomic E-state index is -0.297. The number of hydrogen-bond donors (Lipinski definition) is 1. The van der Waals surface area contributed by atoms with Crippen LogP contribution in [0.2, 0.25) is 0 Å². The van der Waals surface area contributed by atoms with Crippen LogP contribution in [-0.4, -0.2) is 29.8 Å². The summed E-state index contributed by atoms with van der Waals surface area (Å²) >= 11 is 0. The monoisotopic (exact) mass is 465 g/mol. The normalized spacial score (nSPS) is 16.3. The molecule has 3 aromatic carbocycles. The summed E-state index contributed by atoms with van der Waals surface area (Å²) in [6, 6.07) is 23.8. The number of hydrogen-bond acceptors (Lipinski definition) is 4. The molecule has 2 aliphatic heterocycles. The van der Waals surface area contributed by atoms with Gasteiger partial charge in [0.1, 0.15) is 5.70 Å². The standard InChI is InChI=1S/C30H31N3O2/c1-21-11-16-26(22(2)19-21)27-28(30(35)33(29(27)34)20-23-9-5-3-6-10-23)31-24-12-14-25(15-13-24)32-17-7-4-8-18-32/h3,5-6,9-16,19,31H,4,7-8,17-18,20H2,1-2H3. The van der Waals surface area contributed by atoms with Crippen LogP contribution in [0, 0.1) is 13.8 Å². The van der Waals surface area contributed by atoms with Crippen molar-refractivity contribution in [1.82, 2.24) is 4.90 Å². The maximum atomic E-state index is 13.6. The first-order valence-corrected chi connectivity index (χ1v) is 12.4. The number of piperidine rings is 1. The van der Waals surface area contributed by atoms with Crippen molar-refractivity contribution in [3.63, 3.8) is 0 Å². The molecule has 35 heavy (non-hydrogen) atoms. The molecule has 178 valence electrons. The third kappa shape index (κ3) is 4.72. The number of aryl methyl sites for hydroxylation is 2. The van der Waals surface area contributed by atoms with E-state index in [-0.39, 0.29) is 18.4 Å². The van der Waals surface area contributed by atoms with Crippen LogP contribution in [0.4, 0.5) is 11.4 Å². The van der Waals surface area contributed by atoms with Crippen LogP contribution in [0.15, 0.2) is 78.5 Å². The Balaban J connectivity index is 1.48. The summed E-state index contributed by atoms with van der Waals surface area (Å²) in [5.74, 6) is -0.563. The number of nitrogens with one attached hydrogen (secondary N) is 1. The molecule has 2 amide bonds. The van der Waals surface area contributed by atoms with E-state index in [2.05, 4.69) is 22.3 Å². The summed E-state index contributed by atoms with van der Waals surface area (Å²) in [6.45, 7) is 6.41. The zero-order valence-electron chi connectivity index (χ0n) is 20.4. The van der Waals surface area contributed by atoms with Crippen LogP contribution in [-0.2, 0) is 16.1 Å². The highest BCUT2D eigenvalue weighted by Gasteiger charge is 2.39. The van der Waals surface area contributed by atoms with E-state index in [0.717, 1.165) is 41.0 Å². The molecule has 0 aliphatic carbocycles. The van der Waals surface area contributed by atoms with Crippen molar-refractivity contribution in [2.75, 3.05) is 23.3 Å². The molecule has 5 heteroatoms. The summed E-state index contributed by atoms with van der Waals surface area (Å²) in [5, 5.41) is 3.31. The fourth-order valence-electron chi connectivity index (χ4n) is 5.00. The topological polar surface area (TPSA) is 52.7 Å². The van der Waals surface area contributed by atoms with E-state index in [1.165, 1.54) is 29.8 Å². The molecule has 0 radical (unpaired) electrons. The molecule has 2 heterocycles. The average Bonchev–Trinajstić information content (AvgIpc) is 3.10. The van der Waals surface area contributed by atoms with Gasteiger partial charge in [-0.05, 0) is 74.1 Å². The first-order chi connectivity index (χ1) is 17.0. The van der Waals surface area contributed by atoms with Gasteiger partial charge in [-0.15, -0.1) is 0 Å². The number of anilines is 2. The van der Waals surface area contributed by atoms with E-state index in [9.17, 15) is 9.59 Å². The van der Waals surface area contributed by atoms with Gasteiger partial charge < -0.3 is 10.2 Å². The number of nitrogens with zero attached hydrogens (tertiary/aromatic N) is 2. The van der Waals surface area contributed by atoms with E-state index in [0.29, 0.717) is 11.3 Å². The largest absolute Gasteiger partial charge is 0.372 e. The lowest BCUT2D eigenvalue weighted by atomic mass is 9.97. The van der Waals surface area contributed by atoms with Gasteiger partial charge in [-0.2, -0.15) is 0 Å². The third-order valence-electron chi connectivity index (χ3n) is 6.86. The third-order valence-corrected chi connectivity index (χ3v) is 6.86. The fourth-order valence-corrected chi connectivity index (χ4v) is 5.00. The van der Waals surface area contributed by atoms with Crippen molar-refractivity contribution in [1.29, 1.82) is 0 Å². The van der Waals surface area contributed by atoms with Gasteiger partial charge >= 0.3 is 0 Å². The van der Waals surface area contributed by atoms with Gasteiger partial charge in [0.25, 0.3) is 11.8 Å². The van der Waals surface area contributed by atoms with Crippen LogP contribution >= 0.6 is 0 Å². The van der Waals surface area contributed by atoms with Crippen molar-refractivity contribution in [2.45, 2.75) is 39.7 Å². The van der Waals surface area contributed by atoms with Crippen LogP contribution in [0.3, 0.4) is 0 Å². The molecule has 0 unspecified atom stereocenters. The molecule has 0 atom stereocenters. The molecule has 1 fully saturated rings. The summed E-state index contributed by atoms with van der Waals surface area (Å²) in [5.41, 5.74) is 6.56. The minimum Gasteiger partial charge on any atom is -0.372 e. The van der Waals surface area contributed by atoms with Gasteiger partial charge in [0, 0.05) is 24.5 Å². The van der Waals surface area contributed by atoms with Crippen molar-refractivity contribution < 1.29 is 9.59 Å². The smallest absolute Gasteiger partial charge is 0.278 e. The van der Waals surface area contributed by atoms with E-state index in [4.69, 9.17) is 0 Å². The summed E-state index contributed by atoms with van der Waals surface area (Å²) < 4.78 is 0. The predicted molar refractivity (Wildman–Crippen MR) is 141 cm³/mol. The lowest BCUT2D eigenvalue weighted by Crippen LogP contribution is -2.32. The highest BCUT2D eigenvalue weighted by atomic mass is 16.2. The summed E-state index contributed by atoms with van der Waals surface area (Å²) in [4.78, 5) is 30.9. The quantitative estimate of drug-likeness (QED) is 0.476. The highest BCUT2D eigenvalue weighted by Crippen LogP contribution is 2.34. The Morgan fingerprint density at radius 3 is 2.20 bits per heavy atom. The average molecular weight is 466 g/mol. The molecule has 1 saturated heterocycles. The fraction of sp³-hybridized carbons (Fsp3) is 0.267. The SMILES string of the molecule is Cc1ccc(C2=C(Nc3ccc(N4CCCCC4)cc3)C(=O)N(Cc3ccccc3)C2=O)c(C)c1. The first-order valence-electron chi connectivity index (χ1n) is 12.4. The molecule has 0 spiro atoms. The predicted octanol–water partition coefficient (Wildman–Crippen LogP) is 5.69. The summed E-state index contributed by atoms with van der Waals surface area (Å²) in [7, 11) is 0. The molecular formula is C30H31N3O2. The van der Waals surface area contributed by atoms with Gasteiger partial charge in [-0.3, -0.25) is 14.5 Å². The Kier molecular flexibility index (Phi) is 6.41. The molecule has 0 bridgehead atoms. The molecule has 1 N–H and O–H groups in total. The second kappa shape index (κ2) is 9.79. The van der Waals surface area contributed by atoms with Crippen molar-refractivity contribution >= 4 is 28.8 Å². The lowest BCUT2D eigenvalue weighted by Gasteiger charge is -2.28. The van der Waals surface area contributed by atoms with Crippen LogP contribution < -0.4 is 10.2 Å². The second-order valence-corrected chi connectivity index (χ2v) is 9.47. The molecule has 3 aromatic rings. The van der Waals surface area contributed by atoms with E-state index >= 15 is 0 Å². The molecule has 5 rings (SSSR count). The zero-order valence-corrected chi connectivity index (χ0v) is 20.4. The first kappa shape index (κ1) is 22.9. The van der Waals surface area contributed by atoms with Gasteiger partial charge in [0.05, 0.1) is 12.1 Å². The molecular weight excluding hydrogens is 434 g/mol. The Bertz CT molecular complexity index is 1270. The molecule has 0 aromatic heterocycles. The zero-order chi connectivity index (χ0) is 24.4. The maximum absolute atomic E-state index is 13.6. The number of imide groups is 1. The number of amides is 2. The lowest BCUT2D eigenvalue weighted by molar-refractivity contribution is -0.137. The van der Waals surface area contributed by atoms with Crippen molar-refractivity contribution in [3.05, 3.63) is 101 Å². The van der Waals surface area contributed by atoms with E-state index < -0.39 is 0 Å². The van der Waals surface area contributed by atoms with E-state index in [1.807, 2.05) is 74.5 Å². The minimum absolute atomic E-state index is 0.242. The van der Waals surface area contributed by atoms with Gasteiger partial charge in [0.2, 0.25) is 0 Å².